The topological polar surface area (TPSA) is 144 Å². The van der Waals surface area contributed by atoms with Crippen molar-refractivity contribution in [2.24, 2.45) is 21.7 Å². The van der Waals surface area contributed by atoms with E-state index in [0.717, 1.165) is 6.21 Å². The van der Waals surface area contributed by atoms with Gasteiger partial charge < -0.3 is 21.3 Å². The predicted octanol–water partition coefficient (Wildman–Crippen LogP) is 0.217. The SMILES string of the molecule is COc1ccc(-n2c(O)c(C=NN=C(N)N)c(=O)[nH]c2=S)cc1. The second kappa shape index (κ2) is 6.75. The van der Waals surface area contributed by atoms with Gasteiger partial charge in [-0.25, -0.2) is 0 Å². The third kappa shape index (κ3) is 3.55. The van der Waals surface area contributed by atoms with E-state index in [0.29, 0.717) is 11.4 Å². The number of rotatable bonds is 4. The molecule has 0 bridgehead atoms. The highest BCUT2D eigenvalue weighted by molar-refractivity contribution is 7.71. The first kappa shape index (κ1) is 16.2. The Morgan fingerprint density at radius 3 is 2.61 bits per heavy atom. The van der Waals surface area contributed by atoms with Crippen LogP contribution in [0.1, 0.15) is 5.56 Å². The van der Waals surface area contributed by atoms with Crippen molar-refractivity contribution in [2.75, 3.05) is 7.11 Å². The summed E-state index contributed by atoms with van der Waals surface area (Å²) in [5, 5.41) is 17.2. The van der Waals surface area contributed by atoms with Crippen LogP contribution < -0.4 is 21.8 Å². The highest BCUT2D eigenvalue weighted by atomic mass is 32.1. The maximum absolute atomic E-state index is 11.9. The molecule has 2 aromatic rings. The summed E-state index contributed by atoms with van der Waals surface area (Å²) in [5.74, 6) is -0.0303. The summed E-state index contributed by atoms with van der Waals surface area (Å²) in [7, 11) is 1.54. The fraction of sp³-hybridized carbons (Fsp3) is 0.0769. The van der Waals surface area contributed by atoms with Gasteiger partial charge in [-0.15, -0.1) is 5.10 Å². The molecule has 0 atom stereocenters. The second-order valence-electron chi connectivity index (χ2n) is 4.30. The summed E-state index contributed by atoms with van der Waals surface area (Å²) in [6, 6.07) is 6.72. The summed E-state index contributed by atoms with van der Waals surface area (Å²) in [4.78, 5) is 14.3. The lowest BCUT2D eigenvalue weighted by Gasteiger charge is -2.11. The van der Waals surface area contributed by atoms with Crippen LogP contribution in [0.2, 0.25) is 0 Å². The Morgan fingerprint density at radius 1 is 1.39 bits per heavy atom. The van der Waals surface area contributed by atoms with Gasteiger partial charge in [0.05, 0.1) is 19.0 Å². The minimum Gasteiger partial charge on any atom is -0.497 e. The zero-order valence-electron chi connectivity index (χ0n) is 12.1. The molecule has 0 amide bonds. The standard InChI is InChI=1S/C13H14N6O3S/c1-22-8-4-2-7(3-5-8)19-11(21)9(6-16-18-12(14)15)10(20)17-13(19)23/h2-6,21H,1H3,(H4,14,15,18)(H,17,20,23). The van der Waals surface area contributed by atoms with E-state index in [2.05, 4.69) is 15.2 Å². The number of aromatic hydroxyl groups is 1. The second-order valence-corrected chi connectivity index (χ2v) is 4.69. The summed E-state index contributed by atoms with van der Waals surface area (Å²) in [5.41, 5.74) is 10.0. The summed E-state index contributed by atoms with van der Waals surface area (Å²) in [6.45, 7) is 0. The number of nitrogens with two attached hydrogens (primary N) is 2. The van der Waals surface area contributed by atoms with E-state index in [1.54, 1.807) is 24.3 Å². The summed E-state index contributed by atoms with van der Waals surface area (Å²) < 4.78 is 6.36. The van der Waals surface area contributed by atoms with E-state index in [1.807, 2.05) is 0 Å². The number of ether oxygens (including phenoxy) is 1. The van der Waals surface area contributed by atoms with E-state index >= 15 is 0 Å². The van der Waals surface area contributed by atoms with Gasteiger partial charge in [-0.1, -0.05) is 0 Å². The first-order chi connectivity index (χ1) is 10.9. The minimum atomic E-state index is -0.619. The van der Waals surface area contributed by atoms with Crippen molar-refractivity contribution in [3.8, 4) is 17.3 Å². The van der Waals surface area contributed by atoms with Crippen molar-refractivity contribution < 1.29 is 9.84 Å². The van der Waals surface area contributed by atoms with E-state index in [-0.39, 0.29) is 16.3 Å². The maximum Gasteiger partial charge on any atom is 0.264 e. The molecule has 9 nitrogen and oxygen atoms in total. The first-order valence-corrected chi connectivity index (χ1v) is 6.69. The highest BCUT2D eigenvalue weighted by Gasteiger charge is 2.12. The van der Waals surface area contributed by atoms with Crippen LogP contribution in [0.4, 0.5) is 0 Å². The fourth-order valence-corrected chi connectivity index (χ4v) is 2.06. The number of hydrogen-bond acceptors (Lipinski definition) is 6. The number of hydrogen-bond donors (Lipinski definition) is 4. The lowest BCUT2D eigenvalue weighted by Crippen LogP contribution is -2.22. The number of nitrogens with zero attached hydrogens (tertiary/aromatic N) is 3. The molecule has 10 heteroatoms. The molecular weight excluding hydrogens is 320 g/mol. The van der Waals surface area contributed by atoms with Gasteiger partial charge >= 0.3 is 0 Å². The van der Waals surface area contributed by atoms with Crippen molar-refractivity contribution in [1.29, 1.82) is 0 Å². The molecule has 2 rings (SSSR count). The predicted molar refractivity (Wildman–Crippen MR) is 88.8 cm³/mol. The van der Waals surface area contributed by atoms with Crippen molar-refractivity contribution in [3.63, 3.8) is 0 Å². The molecule has 23 heavy (non-hydrogen) atoms. The van der Waals surface area contributed by atoms with Crippen LogP contribution in [0.5, 0.6) is 11.6 Å². The smallest absolute Gasteiger partial charge is 0.264 e. The van der Waals surface area contributed by atoms with Gasteiger partial charge in [0.25, 0.3) is 5.56 Å². The molecule has 1 aromatic carbocycles. The molecule has 0 saturated carbocycles. The van der Waals surface area contributed by atoms with Gasteiger partial charge in [-0.05, 0) is 36.5 Å². The van der Waals surface area contributed by atoms with Gasteiger partial charge in [0, 0.05) is 0 Å². The molecule has 0 fully saturated rings. The molecule has 0 spiro atoms. The van der Waals surface area contributed by atoms with Crippen LogP contribution in [0.15, 0.2) is 39.3 Å². The molecule has 0 aliphatic heterocycles. The van der Waals surface area contributed by atoms with Gasteiger partial charge in [-0.3, -0.25) is 14.3 Å². The number of methoxy groups -OCH3 is 1. The van der Waals surface area contributed by atoms with Crippen LogP contribution in [-0.4, -0.2) is 33.9 Å². The number of benzene rings is 1. The largest absolute Gasteiger partial charge is 0.497 e. The molecule has 1 heterocycles. The molecule has 0 unspecified atom stereocenters. The molecular formula is C13H14N6O3S. The van der Waals surface area contributed by atoms with Crippen molar-refractivity contribution in [3.05, 3.63) is 45.0 Å². The van der Waals surface area contributed by atoms with Gasteiger partial charge in [0.15, 0.2) is 4.77 Å². The Balaban J connectivity index is 2.60. The Labute approximate surface area is 135 Å². The van der Waals surface area contributed by atoms with Crippen molar-refractivity contribution >= 4 is 24.4 Å². The Bertz CT molecular complexity index is 878. The van der Waals surface area contributed by atoms with E-state index in [4.69, 9.17) is 28.4 Å². The zero-order chi connectivity index (χ0) is 17.0. The average Bonchev–Trinajstić information content (AvgIpc) is 2.50. The molecule has 0 radical (unpaired) electrons. The average molecular weight is 334 g/mol. The molecule has 1 aromatic heterocycles. The molecule has 6 N–H and O–H groups in total. The van der Waals surface area contributed by atoms with Crippen LogP contribution >= 0.6 is 12.2 Å². The summed E-state index contributed by atoms with van der Waals surface area (Å²) >= 11 is 5.09. The van der Waals surface area contributed by atoms with Crippen LogP contribution in [0.3, 0.4) is 0 Å². The van der Waals surface area contributed by atoms with Crippen LogP contribution in [-0.2, 0) is 0 Å². The highest BCUT2D eigenvalue weighted by Crippen LogP contribution is 2.21. The zero-order valence-corrected chi connectivity index (χ0v) is 12.9. The normalized spacial score (nSPS) is 10.7. The third-order valence-corrected chi connectivity index (χ3v) is 3.10. The van der Waals surface area contributed by atoms with Crippen LogP contribution in [0, 0.1) is 4.77 Å². The van der Waals surface area contributed by atoms with Crippen molar-refractivity contribution in [2.45, 2.75) is 0 Å². The molecule has 0 aliphatic carbocycles. The molecule has 0 saturated heterocycles. The number of aromatic amines is 1. The number of H-pyrrole nitrogens is 1. The van der Waals surface area contributed by atoms with E-state index in [1.165, 1.54) is 11.7 Å². The van der Waals surface area contributed by atoms with E-state index in [9.17, 15) is 9.90 Å². The third-order valence-electron chi connectivity index (χ3n) is 2.81. The Morgan fingerprint density at radius 2 is 2.04 bits per heavy atom. The maximum atomic E-state index is 11.9. The Kier molecular flexibility index (Phi) is 4.76. The minimum absolute atomic E-state index is 0.0247. The monoisotopic (exact) mass is 334 g/mol. The van der Waals surface area contributed by atoms with Gasteiger partial charge in [0.1, 0.15) is 11.3 Å². The quantitative estimate of drug-likeness (QED) is 0.272. The van der Waals surface area contributed by atoms with Gasteiger partial charge in [0.2, 0.25) is 11.8 Å². The summed E-state index contributed by atoms with van der Waals surface area (Å²) in [6.07, 6.45) is 1.03. The lowest BCUT2D eigenvalue weighted by atomic mass is 10.2. The number of nitrogens with one attached hydrogen (secondary N) is 1. The fourth-order valence-electron chi connectivity index (χ4n) is 1.78. The number of aromatic nitrogens is 2. The van der Waals surface area contributed by atoms with Crippen molar-refractivity contribution in [1.82, 2.24) is 9.55 Å². The van der Waals surface area contributed by atoms with Gasteiger partial charge in [-0.2, -0.15) is 5.10 Å². The molecule has 0 aliphatic rings. The van der Waals surface area contributed by atoms with E-state index < -0.39 is 11.4 Å². The first-order valence-electron chi connectivity index (χ1n) is 6.28. The number of guanidine groups is 1. The molecule has 120 valence electrons. The van der Waals surface area contributed by atoms with Crippen LogP contribution in [0.25, 0.3) is 5.69 Å². The Hall–Kier alpha value is -3.14. The lowest BCUT2D eigenvalue weighted by molar-refractivity contribution is 0.414.